The average Bonchev–Trinajstić information content (AvgIpc) is 4.14. The summed E-state index contributed by atoms with van der Waals surface area (Å²) in [5, 5.41) is 10.2. The van der Waals surface area contributed by atoms with Crippen LogP contribution in [0.15, 0.2) is 0 Å². The minimum absolute atomic E-state index is 0.00935. The predicted octanol–water partition coefficient (Wildman–Crippen LogP) is 13.7. The number of ether oxygens (including phenoxy) is 5. The quantitative estimate of drug-likeness (QED) is 0.0820. The zero-order chi connectivity index (χ0) is 60.2. The van der Waals surface area contributed by atoms with E-state index in [4.69, 9.17) is 27.9 Å². The third-order valence-corrected chi connectivity index (χ3v) is 24.9. The minimum Gasteiger partial charge on any atom is -0.459 e. The van der Waals surface area contributed by atoms with E-state index < -0.39 is 62.6 Å². The van der Waals surface area contributed by atoms with Gasteiger partial charge in [0.1, 0.15) is 29.0 Å². The fourth-order valence-electron chi connectivity index (χ4n) is 16.6. The highest BCUT2D eigenvalue weighted by molar-refractivity contribution is 7.87. The van der Waals surface area contributed by atoms with E-state index in [9.17, 15) is 37.5 Å². The Morgan fingerprint density at radius 2 is 1.02 bits per heavy atom. The first-order valence-corrected chi connectivity index (χ1v) is 33.6. The highest BCUT2D eigenvalue weighted by Crippen LogP contribution is 2.65. The molecule has 8 unspecified atom stereocenters. The molecule has 11 saturated carbocycles. The summed E-state index contributed by atoms with van der Waals surface area (Å²) in [5.74, 6) is 3.05. The van der Waals surface area contributed by atoms with Crippen LogP contribution in [0.3, 0.4) is 0 Å². The maximum absolute atomic E-state index is 12.7. The molecule has 0 spiro atoms. The van der Waals surface area contributed by atoms with Crippen molar-refractivity contribution in [2.75, 3.05) is 6.61 Å². The van der Waals surface area contributed by atoms with Gasteiger partial charge in [-0.1, -0.05) is 53.9 Å². The van der Waals surface area contributed by atoms with Crippen LogP contribution in [0, 0.1) is 74.4 Å². The summed E-state index contributed by atoms with van der Waals surface area (Å²) >= 11 is 0. The topological polar surface area (TPSA) is 195 Å². The SMILES string of the molecule is CCC(C)(C)C(=O)OC(C)(C)C1CCCCC1.CCC(C)(C)C(=O)OC(C)(CC)C12CC3CC(CC(C3)C1)C2.CCC(C)(C)C(=O)OC12CC3CC(CC(O)(C3)C1)C2.CCC(C)(C)C(=O)OCC(=O)OC1C2CC3C1OS(=O)(=O)C3C2. The van der Waals surface area contributed by atoms with Crippen LogP contribution >= 0.6 is 0 Å². The summed E-state index contributed by atoms with van der Waals surface area (Å²) < 4.78 is 57.2. The summed E-state index contributed by atoms with van der Waals surface area (Å²) in [6.45, 7) is 31.5. The van der Waals surface area contributed by atoms with E-state index >= 15 is 0 Å². The number of hydrogen-bond acceptors (Lipinski definition) is 14. The second kappa shape index (κ2) is 24.2. The molecular weight excluding hydrogens is 1050 g/mol. The lowest BCUT2D eigenvalue weighted by molar-refractivity contribution is -0.225. The van der Waals surface area contributed by atoms with Gasteiger partial charge in [0.15, 0.2) is 6.61 Å². The third kappa shape index (κ3) is 14.2. The molecule has 0 amide bonds. The first-order chi connectivity index (χ1) is 37.4. The largest absolute Gasteiger partial charge is 0.459 e. The lowest BCUT2D eigenvalue weighted by Crippen LogP contribution is -2.61. The highest BCUT2D eigenvalue weighted by Gasteiger charge is 2.66. The second-order valence-electron chi connectivity index (χ2n) is 31.2. The Hall–Kier alpha value is -2.78. The second-order valence-corrected chi connectivity index (χ2v) is 33.0. The molecule has 0 aromatic carbocycles. The van der Waals surface area contributed by atoms with Crippen LogP contribution in [-0.2, 0) is 62.0 Å². The monoisotopic (exact) mass is 1160 g/mol. The minimum atomic E-state index is -3.53. The van der Waals surface area contributed by atoms with Gasteiger partial charge in [-0.05, 0) is 240 Å². The number of carbonyl (C=O) groups is 5. The molecule has 1 N–H and O–H groups in total. The molecular formula is C66H110O14S. The van der Waals surface area contributed by atoms with Crippen molar-refractivity contribution in [3.63, 3.8) is 0 Å². The number of carbonyl (C=O) groups excluding carboxylic acids is 5. The van der Waals surface area contributed by atoms with Gasteiger partial charge in [-0.15, -0.1) is 0 Å². The van der Waals surface area contributed by atoms with E-state index in [1.807, 2.05) is 62.3 Å². The van der Waals surface area contributed by atoms with Gasteiger partial charge in [0.25, 0.3) is 10.1 Å². The molecule has 0 aromatic heterocycles. The summed E-state index contributed by atoms with van der Waals surface area (Å²) in [6.07, 6.45) is 24.2. The predicted molar refractivity (Wildman–Crippen MR) is 312 cm³/mol. The van der Waals surface area contributed by atoms with Gasteiger partial charge in [-0.3, -0.25) is 23.4 Å². The van der Waals surface area contributed by atoms with E-state index in [0.29, 0.717) is 43.4 Å². The Labute approximate surface area is 489 Å². The molecule has 11 aliphatic carbocycles. The smallest absolute Gasteiger partial charge is 0.344 e. The van der Waals surface area contributed by atoms with Crippen LogP contribution in [0.4, 0.5) is 0 Å². The first kappa shape index (κ1) is 65.8. The van der Waals surface area contributed by atoms with Crippen LogP contribution in [0.25, 0.3) is 0 Å². The van der Waals surface area contributed by atoms with E-state index in [1.54, 1.807) is 13.8 Å². The van der Waals surface area contributed by atoms with E-state index in [-0.39, 0.29) is 62.8 Å². The lowest BCUT2D eigenvalue weighted by atomic mass is 9.45. The molecule has 12 aliphatic rings. The summed E-state index contributed by atoms with van der Waals surface area (Å²) in [4.78, 5) is 61.0. The van der Waals surface area contributed by atoms with Crippen LogP contribution in [0.2, 0.25) is 0 Å². The van der Waals surface area contributed by atoms with Crippen molar-refractivity contribution >= 4 is 40.0 Å². The van der Waals surface area contributed by atoms with Gasteiger partial charge in [0.05, 0.1) is 32.5 Å². The van der Waals surface area contributed by atoms with Gasteiger partial charge in [-0.25, -0.2) is 4.79 Å². The van der Waals surface area contributed by atoms with Crippen molar-refractivity contribution in [2.45, 2.75) is 305 Å². The maximum atomic E-state index is 12.7. The Kier molecular flexibility index (Phi) is 19.6. The van der Waals surface area contributed by atoms with Crippen molar-refractivity contribution in [1.29, 1.82) is 0 Å². The van der Waals surface area contributed by atoms with Crippen LogP contribution < -0.4 is 0 Å². The molecule has 81 heavy (non-hydrogen) atoms. The molecule has 12 fully saturated rings. The molecule has 10 bridgehead atoms. The van der Waals surface area contributed by atoms with Gasteiger partial charge < -0.3 is 28.8 Å². The molecule has 12 rings (SSSR count). The zero-order valence-electron chi connectivity index (χ0n) is 53.2. The zero-order valence-corrected chi connectivity index (χ0v) is 54.0. The fourth-order valence-corrected chi connectivity index (χ4v) is 18.5. The van der Waals surface area contributed by atoms with Crippen LogP contribution in [0.5, 0.6) is 0 Å². The Bertz CT molecular complexity index is 2330. The molecule has 0 radical (unpaired) electrons. The lowest BCUT2D eigenvalue weighted by Gasteiger charge is -2.62. The van der Waals surface area contributed by atoms with Crippen molar-refractivity contribution in [1.82, 2.24) is 0 Å². The highest BCUT2D eigenvalue weighted by atomic mass is 32.2. The summed E-state index contributed by atoms with van der Waals surface area (Å²) in [5.41, 5.74) is -3.01. The standard InChI is InChI=1S/C20H34O2.C16H26O3.C15H22O7S.C15H28O2/c1-6-18(3,4)17(21)22-19(5,7-2)20-11-14-8-15(12-20)10-16(9-14)13-20;1-4-14(2,3)13(17)19-16-8-11-5-12(9-16)7-15(18,6-11)10-16;1-4-15(2,3)14(17)20-7-11(16)21-12-8-5-9-10(6-8)23(18,19)22-13(9)12;1-6-14(2,3)13(16)17-15(4,5)12-10-8-7-9-11-12/h14-16H,6-13H2,1-5H3;11-12,18H,4-10H2,1-3H3;8-10,12-13H,4-7H2,1-3H3;12H,6-11H2,1-5H3. The van der Waals surface area contributed by atoms with Crippen molar-refractivity contribution in [2.24, 2.45) is 74.4 Å². The van der Waals surface area contributed by atoms with E-state index in [2.05, 4.69) is 34.6 Å². The molecule has 0 aromatic rings. The molecule has 1 saturated heterocycles. The molecule has 1 aliphatic heterocycles. The van der Waals surface area contributed by atoms with Crippen LogP contribution in [-0.4, -0.2) is 89.8 Å². The number of fused-ring (bicyclic) bond motifs is 1. The summed E-state index contributed by atoms with van der Waals surface area (Å²) in [7, 11) is -3.53. The molecule has 14 nitrogen and oxygen atoms in total. The Balaban J connectivity index is 0.000000157. The molecule has 15 heteroatoms. The molecule has 464 valence electrons. The number of hydrogen-bond donors (Lipinski definition) is 1. The summed E-state index contributed by atoms with van der Waals surface area (Å²) in [6, 6.07) is 0. The Morgan fingerprint density at radius 3 is 1.51 bits per heavy atom. The number of esters is 5. The fraction of sp³-hybridized carbons (Fsp3) is 0.924. The van der Waals surface area contributed by atoms with E-state index in [0.717, 1.165) is 69.1 Å². The van der Waals surface area contributed by atoms with E-state index in [1.165, 1.54) is 77.0 Å². The van der Waals surface area contributed by atoms with Crippen molar-refractivity contribution in [3.8, 4) is 0 Å². The number of rotatable bonds is 17. The molecule has 8 atom stereocenters. The van der Waals surface area contributed by atoms with Crippen molar-refractivity contribution in [3.05, 3.63) is 0 Å². The maximum Gasteiger partial charge on any atom is 0.344 e. The van der Waals surface area contributed by atoms with Gasteiger partial charge in [0, 0.05) is 23.7 Å². The van der Waals surface area contributed by atoms with Gasteiger partial charge in [0.2, 0.25) is 0 Å². The van der Waals surface area contributed by atoms with Gasteiger partial charge in [-0.2, -0.15) is 8.42 Å². The normalized spacial score (nSPS) is 35.7. The van der Waals surface area contributed by atoms with Crippen LogP contribution in [0.1, 0.15) is 265 Å². The van der Waals surface area contributed by atoms with Crippen molar-refractivity contribution < 1.29 is 65.4 Å². The Morgan fingerprint density at radius 1 is 0.556 bits per heavy atom. The molecule has 1 heterocycles. The average molecular weight is 1160 g/mol. The first-order valence-electron chi connectivity index (χ1n) is 32.2. The third-order valence-electron chi connectivity index (χ3n) is 23.1. The van der Waals surface area contributed by atoms with Gasteiger partial charge >= 0.3 is 29.8 Å². The number of aliphatic hydroxyl groups is 1.